The van der Waals surface area contributed by atoms with Gasteiger partial charge in [-0.15, -0.1) is 0 Å². The van der Waals surface area contributed by atoms with Crippen molar-refractivity contribution in [3.05, 3.63) is 53.9 Å². The Balaban J connectivity index is 1.23. The Morgan fingerprint density at radius 2 is 1.90 bits per heavy atom. The summed E-state index contributed by atoms with van der Waals surface area (Å²) in [5, 5.41) is 3.10. The maximum Gasteiger partial charge on any atom is 0.224 e. The van der Waals surface area contributed by atoms with Gasteiger partial charge in [-0.25, -0.2) is 9.97 Å². The number of hydrogen-bond acceptors (Lipinski definition) is 6. The highest BCUT2D eigenvalue weighted by atomic mass is 16.1. The van der Waals surface area contributed by atoms with Gasteiger partial charge in [-0.05, 0) is 63.9 Å². The van der Waals surface area contributed by atoms with Crippen LogP contribution in [0.2, 0.25) is 0 Å². The summed E-state index contributed by atoms with van der Waals surface area (Å²) in [6.45, 7) is 7.58. The van der Waals surface area contributed by atoms with Crippen LogP contribution in [-0.2, 0) is 17.9 Å². The number of hydrogen-bond donors (Lipinski definition) is 1. The molecule has 1 N–H and O–H groups in total. The third-order valence-corrected chi connectivity index (χ3v) is 6.33. The number of piperidine rings is 2. The van der Waals surface area contributed by atoms with Gasteiger partial charge in [-0.2, -0.15) is 0 Å². The van der Waals surface area contributed by atoms with E-state index in [1.807, 2.05) is 37.6 Å². The molecule has 0 unspecified atom stereocenters. The van der Waals surface area contributed by atoms with Gasteiger partial charge in [0.2, 0.25) is 5.91 Å². The monoisotopic (exact) mass is 408 g/mol. The third kappa shape index (κ3) is 5.61. The lowest BCUT2D eigenvalue weighted by molar-refractivity contribution is -0.127. The molecule has 0 spiro atoms. The van der Waals surface area contributed by atoms with E-state index in [-0.39, 0.29) is 11.8 Å². The minimum Gasteiger partial charge on any atom is -0.352 e. The molecule has 0 aliphatic carbocycles. The molecule has 2 aromatic rings. The first-order valence-electron chi connectivity index (χ1n) is 11.1. The molecule has 7 heteroatoms. The van der Waals surface area contributed by atoms with E-state index in [0.717, 1.165) is 69.8 Å². The zero-order chi connectivity index (χ0) is 20.8. The van der Waals surface area contributed by atoms with Crippen LogP contribution in [0.4, 0.5) is 0 Å². The Bertz CT molecular complexity index is 804. The van der Waals surface area contributed by atoms with Crippen LogP contribution in [-0.4, -0.2) is 62.9 Å². The maximum atomic E-state index is 12.7. The molecule has 0 aromatic carbocycles. The average Bonchev–Trinajstić information content (AvgIpc) is 2.80. The summed E-state index contributed by atoms with van der Waals surface area (Å²) >= 11 is 0. The molecule has 2 fully saturated rings. The summed E-state index contributed by atoms with van der Waals surface area (Å²) in [5.41, 5.74) is 2.23. The Labute approximate surface area is 178 Å². The van der Waals surface area contributed by atoms with E-state index >= 15 is 0 Å². The third-order valence-electron chi connectivity index (χ3n) is 6.33. The number of carbonyl (C=O) groups is 1. The van der Waals surface area contributed by atoms with E-state index in [1.165, 1.54) is 5.56 Å². The molecule has 30 heavy (non-hydrogen) atoms. The van der Waals surface area contributed by atoms with Gasteiger partial charge in [0.1, 0.15) is 5.82 Å². The first-order chi connectivity index (χ1) is 14.7. The number of rotatable bonds is 6. The number of carbonyl (C=O) groups excluding carboxylic acids is 1. The second kappa shape index (κ2) is 10.1. The van der Waals surface area contributed by atoms with Crippen LogP contribution in [0.25, 0.3) is 0 Å². The van der Waals surface area contributed by atoms with E-state index < -0.39 is 0 Å². The number of nitrogens with one attached hydrogen (secondary N) is 1. The first kappa shape index (κ1) is 20.9. The molecular weight excluding hydrogens is 376 g/mol. The van der Waals surface area contributed by atoms with Crippen molar-refractivity contribution < 1.29 is 4.79 Å². The fourth-order valence-electron chi connectivity index (χ4n) is 4.59. The quantitative estimate of drug-likeness (QED) is 0.790. The van der Waals surface area contributed by atoms with Crippen molar-refractivity contribution in [3.63, 3.8) is 0 Å². The molecule has 0 saturated carbocycles. The number of pyridine rings is 1. The molecule has 1 atom stereocenters. The van der Waals surface area contributed by atoms with Gasteiger partial charge in [0.25, 0.3) is 0 Å². The van der Waals surface area contributed by atoms with Crippen molar-refractivity contribution in [3.8, 4) is 0 Å². The van der Waals surface area contributed by atoms with Crippen LogP contribution in [0.1, 0.15) is 42.6 Å². The highest BCUT2D eigenvalue weighted by Gasteiger charge is 2.31. The van der Waals surface area contributed by atoms with Crippen LogP contribution in [0.5, 0.6) is 0 Å². The fourth-order valence-corrected chi connectivity index (χ4v) is 4.59. The zero-order valence-electron chi connectivity index (χ0n) is 17.8. The number of aromatic nitrogens is 3. The molecule has 4 heterocycles. The lowest BCUT2D eigenvalue weighted by Crippen LogP contribution is -2.50. The molecule has 2 aromatic heterocycles. The SMILES string of the molecule is Cc1ncc(CN2CCC(N3CCC[C@@H](C(=O)NCc4cccnc4)C3)CC2)cn1. The molecule has 7 nitrogen and oxygen atoms in total. The van der Waals surface area contributed by atoms with Gasteiger partial charge in [-0.3, -0.25) is 19.6 Å². The lowest BCUT2D eigenvalue weighted by Gasteiger charge is -2.42. The summed E-state index contributed by atoms with van der Waals surface area (Å²) in [6, 6.07) is 4.49. The van der Waals surface area contributed by atoms with E-state index in [1.54, 1.807) is 6.20 Å². The van der Waals surface area contributed by atoms with Crippen molar-refractivity contribution in [1.82, 2.24) is 30.1 Å². The molecule has 2 aliphatic heterocycles. The van der Waals surface area contributed by atoms with Gasteiger partial charge >= 0.3 is 0 Å². The Hall–Kier alpha value is -2.38. The molecule has 4 rings (SSSR count). The molecule has 1 amide bonds. The van der Waals surface area contributed by atoms with Crippen LogP contribution in [0.15, 0.2) is 36.9 Å². The van der Waals surface area contributed by atoms with Gasteiger partial charge in [0.05, 0.1) is 5.92 Å². The Morgan fingerprint density at radius 1 is 1.10 bits per heavy atom. The van der Waals surface area contributed by atoms with Gasteiger partial charge < -0.3 is 5.32 Å². The Kier molecular flexibility index (Phi) is 7.02. The first-order valence-corrected chi connectivity index (χ1v) is 11.1. The largest absolute Gasteiger partial charge is 0.352 e. The summed E-state index contributed by atoms with van der Waals surface area (Å²) in [6.07, 6.45) is 11.9. The highest BCUT2D eigenvalue weighted by molar-refractivity contribution is 5.78. The summed E-state index contributed by atoms with van der Waals surface area (Å²) in [4.78, 5) is 30.5. The fraction of sp³-hybridized carbons (Fsp3) is 0.565. The minimum absolute atomic E-state index is 0.0955. The van der Waals surface area contributed by atoms with E-state index in [2.05, 4.69) is 30.1 Å². The molecule has 0 radical (unpaired) electrons. The van der Waals surface area contributed by atoms with Crippen LogP contribution >= 0.6 is 0 Å². The van der Waals surface area contributed by atoms with Crippen LogP contribution in [0, 0.1) is 12.8 Å². The lowest BCUT2D eigenvalue weighted by atomic mass is 9.93. The zero-order valence-corrected chi connectivity index (χ0v) is 17.8. The molecule has 160 valence electrons. The predicted molar refractivity (Wildman–Crippen MR) is 115 cm³/mol. The topological polar surface area (TPSA) is 74.2 Å². The molecular formula is C23H32N6O. The Morgan fingerprint density at radius 3 is 2.63 bits per heavy atom. The van der Waals surface area contributed by atoms with Crippen LogP contribution in [0.3, 0.4) is 0 Å². The number of amides is 1. The standard InChI is InChI=1S/C23H32N6O/c1-18-25-14-20(15-26-18)16-28-10-6-22(7-11-28)29-9-3-5-21(17-29)23(30)27-13-19-4-2-8-24-12-19/h2,4,8,12,14-15,21-22H,3,5-7,9-11,13,16-17H2,1H3,(H,27,30)/t21-/m1/s1. The van der Waals surface area contributed by atoms with E-state index in [9.17, 15) is 4.79 Å². The summed E-state index contributed by atoms with van der Waals surface area (Å²) < 4.78 is 0. The molecule has 2 aliphatic rings. The van der Waals surface area contributed by atoms with Crippen molar-refractivity contribution >= 4 is 5.91 Å². The molecule has 2 saturated heterocycles. The van der Waals surface area contributed by atoms with Crippen molar-refractivity contribution in [2.75, 3.05) is 26.2 Å². The number of likely N-dealkylation sites (tertiary alicyclic amines) is 2. The van der Waals surface area contributed by atoms with Gasteiger partial charge in [-0.1, -0.05) is 6.07 Å². The van der Waals surface area contributed by atoms with E-state index in [0.29, 0.717) is 12.6 Å². The predicted octanol–water partition coefficient (Wildman–Crippen LogP) is 2.17. The van der Waals surface area contributed by atoms with Gasteiger partial charge in [0, 0.05) is 56.0 Å². The summed E-state index contributed by atoms with van der Waals surface area (Å²) in [5.74, 6) is 1.10. The van der Waals surface area contributed by atoms with E-state index in [4.69, 9.17) is 0 Å². The second-order valence-electron chi connectivity index (χ2n) is 8.56. The van der Waals surface area contributed by atoms with Crippen molar-refractivity contribution in [2.24, 2.45) is 5.92 Å². The minimum atomic E-state index is 0.0955. The molecule has 0 bridgehead atoms. The van der Waals surface area contributed by atoms with Crippen molar-refractivity contribution in [2.45, 2.75) is 51.7 Å². The average molecular weight is 409 g/mol. The normalized spacial score (nSPS) is 21.4. The number of aryl methyl sites for hydroxylation is 1. The number of nitrogens with zero attached hydrogens (tertiary/aromatic N) is 5. The second-order valence-corrected chi connectivity index (χ2v) is 8.56. The highest BCUT2D eigenvalue weighted by Crippen LogP contribution is 2.24. The van der Waals surface area contributed by atoms with Crippen molar-refractivity contribution in [1.29, 1.82) is 0 Å². The maximum absolute atomic E-state index is 12.7. The van der Waals surface area contributed by atoms with Gasteiger partial charge in [0.15, 0.2) is 0 Å². The summed E-state index contributed by atoms with van der Waals surface area (Å²) in [7, 11) is 0. The van der Waals surface area contributed by atoms with Crippen LogP contribution < -0.4 is 5.32 Å². The smallest absolute Gasteiger partial charge is 0.224 e.